The zero-order valence-electron chi connectivity index (χ0n) is 15.8. The van der Waals surface area contributed by atoms with Gasteiger partial charge in [-0.15, -0.1) is 0 Å². The SMILES string of the molecule is COc1nc(N[C@@H]2CCN(C(=O)C3CC4(C3)CN(C=CC=O)C4)C2)ncc1Cl. The third kappa shape index (κ3) is 3.65. The Kier molecular flexibility index (Phi) is 5.14. The lowest BCUT2D eigenvalue weighted by Gasteiger charge is -2.58. The highest BCUT2D eigenvalue weighted by Gasteiger charge is 2.54. The molecular formula is C19H24ClN5O3. The van der Waals surface area contributed by atoms with E-state index >= 15 is 0 Å². The molecule has 0 bridgehead atoms. The van der Waals surface area contributed by atoms with E-state index in [0.29, 0.717) is 23.4 Å². The number of hydrogen-bond donors (Lipinski definition) is 1. The van der Waals surface area contributed by atoms with Gasteiger partial charge in [-0.25, -0.2) is 4.98 Å². The molecule has 1 atom stereocenters. The fourth-order valence-electron chi connectivity index (χ4n) is 4.58. The quantitative estimate of drug-likeness (QED) is 0.567. The number of halogens is 1. The van der Waals surface area contributed by atoms with Crippen molar-refractivity contribution >= 4 is 29.7 Å². The van der Waals surface area contributed by atoms with Crippen molar-refractivity contribution in [1.29, 1.82) is 0 Å². The Labute approximate surface area is 168 Å². The number of methoxy groups -OCH3 is 1. The van der Waals surface area contributed by atoms with Gasteiger partial charge in [0.15, 0.2) is 0 Å². The van der Waals surface area contributed by atoms with Gasteiger partial charge >= 0.3 is 0 Å². The maximum atomic E-state index is 12.8. The lowest BCUT2D eigenvalue weighted by atomic mass is 9.57. The molecule has 2 saturated heterocycles. The second-order valence-corrected chi connectivity index (χ2v) is 8.36. The van der Waals surface area contributed by atoms with Gasteiger partial charge in [0.25, 0.3) is 0 Å². The predicted molar refractivity (Wildman–Crippen MR) is 104 cm³/mol. The van der Waals surface area contributed by atoms with E-state index in [-0.39, 0.29) is 23.3 Å². The van der Waals surface area contributed by atoms with Crippen molar-refractivity contribution in [2.24, 2.45) is 11.3 Å². The first-order chi connectivity index (χ1) is 13.5. The molecule has 1 saturated carbocycles. The van der Waals surface area contributed by atoms with Gasteiger partial charge in [-0.1, -0.05) is 11.6 Å². The van der Waals surface area contributed by atoms with E-state index in [4.69, 9.17) is 16.3 Å². The van der Waals surface area contributed by atoms with Crippen LogP contribution >= 0.6 is 11.6 Å². The minimum absolute atomic E-state index is 0.122. The van der Waals surface area contributed by atoms with E-state index in [1.165, 1.54) is 19.4 Å². The number of rotatable bonds is 6. The zero-order chi connectivity index (χ0) is 19.7. The van der Waals surface area contributed by atoms with Gasteiger partial charge in [0.1, 0.15) is 11.3 Å². The molecule has 150 valence electrons. The van der Waals surface area contributed by atoms with Crippen LogP contribution in [0.3, 0.4) is 0 Å². The van der Waals surface area contributed by atoms with Crippen molar-refractivity contribution < 1.29 is 14.3 Å². The first-order valence-electron chi connectivity index (χ1n) is 9.50. The number of anilines is 1. The van der Waals surface area contributed by atoms with Crippen molar-refractivity contribution in [2.75, 3.05) is 38.6 Å². The van der Waals surface area contributed by atoms with Gasteiger partial charge in [-0.3, -0.25) is 9.59 Å². The second kappa shape index (κ2) is 7.58. The van der Waals surface area contributed by atoms with Crippen LogP contribution in [0, 0.1) is 11.3 Å². The largest absolute Gasteiger partial charge is 0.480 e. The summed E-state index contributed by atoms with van der Waals surface area (Å²) in [5, 5.41) is 3.64. The molecule has 1 aromatic heterocycles. The van der Waals surface area contributed by atoms with E-state index in [9.17, 15) is 9.59 Å². The average Bonchev–Trinajstić information content (AvgIpc) is 3.09. The average molecular weight is 406 g/mol. The Bertz CT molecular complexity index is 788. The van der Waals surface area contributed by atoms with E-state index in [2.05, 4.69) is 20.2 Å². The van der Waals surface area contributed by atoms with Crippen molar-refractivity contribution in [3.8, 4) is 5.88 Å². The van der Waals surface area contributed by atoms with Crippen LogP contribution in [0.15, 0.2) is 18.5 Å². The fraction of sp³-hybridized carbons (Fsp3) is 0.579. The lowest BCUT2D eigenvalue weighted by molar-refractivity contribution is -0.150. The Morgan fingerprint density at radius 2 is 2.21 bits per heavy atom. The standard InChI is InChI=1S/C19H24ClN5O3/c1-28-16-15(20)9-21-18(23-16)22-14-3-5-25(10-14)17(27)13-7-19(8-13)11-24(12-19)4-2-6-26/h2,4,6,9,13-14H,3,5,7-8,10-12H2,1H3,(H,21,22,23)/t14-/m1/s1. The molecule has 4 rings (SSSR count). The summed E-state index contributed by atoms with van der Waals surface area (Å²) in [6, 6.07) is 0.122. The number of ether oxygens (including phenoxy) is 1. The molecule has 1 aliphatic carbocycles. The molecule has 0 radical (unpaired) electrons. The van der Waals surface area contributed by atoms with Crippen LogP contribution in [0.25, 0.3) is 0 Å². The van der Waals surface area contributed by atoms with Crippen LogP contribution in [0.1, 0.15) is 19.3 Å². The van der Waals surface area contributed by atoms with Gasteiger partial charge in [0.05, 0.1) is 13.3 Å². The highest BCUT2D eigenvalue weighted by molar-refractivity contribution is 6.31. The monoisotopic (exact) mass is 405 g/mol. The molecule has 0 unspecified atom stereocenters. The van der Waals surface area contributed by atoms with Crippen molar-refractivity contribution in [1.82, 2.24) is 19.8 Å². The highest BCUT2D eigenvalue weighted by Crippen LogP contribution is 2.52. The summed E-state index contributed by atoms with van der Waals surface area (Å²) in [4.78, 5) is 35.7. The third-order valence-electron chi connectivity index (χ3n) is 5.90. The van der Waals surface area contributed by atoms with Crippen LogP contribution in [0.4, 0.5) is 5.95 Å². The molecule has 28 heavy (non-hydrogen) atoms. The molecule has 1 spiro atoms. The van der Waals surface area contributed by atoms with Gasteiger partial charge in [-0.05, 0) is 25.3 Å². The number of amides is 1. The van der Waals surface area contributed by atoms with Crippen LogP contribution in [0.2, 0.25) is 5.02 Å². The van der Waals surface area contributed by atoms with Gasteiger partial charge in [-0.2, -0.15) is 4.98 Å². The number of likely N-dealkylation sites (tertiary alicyclic amines) is 2. The Hall–Kier alpha value is -2.35. The number of hydrogen-bond acceptors (Lipinski definition) is 7. The maximum absolute atomic E-state index is 12.8. The zero-order valence-corrected chi connectivity index (χ0v) is 16.6. The number of nitrogens with one attached hydrogen (secondary N) is 1. The predicted octanol–water partition coefficient (Wildman–Crippen LogP) is 1.58. The number of nitrogens with zero attached hydrogens (tertiary/aromatic N) is 4. The summed E-state index contributed by atoms with van der Waals surface area (Å²) < 4.78 is 5.12. The molecule has 1 amide bonds. The normalized spacial score (nSPS) is 23.6. The van der Waals surface area contributed by atoms with E-state index < -0.39 is 0 Å². The molecule has 3 fully saturated rings. The first-order valence-corrected chi connectivity index (χ1v) is 9.87. The number of carbonyl (C=O) groups excluding carboxylic acids is 2. The molecule has 2 aliphatic heterocycles. The molecule has 1 aromatic rings. The number of aldehydes is 1. The molecule has 3 aliphatic rings. The van der Waals surface area contributed by atoms with Crippen LogP contribution in [0.5, 0.6) is 5.88 Å². The topological polar surface area (TPSA) is 87.7 Å². The Morgan fingerprint density at radius 3 is 2.93 bits per heavy atom. The smallest absolute Gasteiger partial charge is 0.237 e. The summed E-state index contributed by atoms with van der Waals surface area (Å²) in [5.74, 6) is 1.18. The van der Waals surface area contributed by atoms with Crippen molar-refractivity contribution in [3.63, 3.8) is 0 Å². The first kappa shape index (κ1) is 19.0. The Morgan fingerprint density at radius 1 is 1.43 bits per heavy atom. The fourth-order valence-corrected chi connectivity index (χ4v) is 4.75. The van der Waals surface area contributed by atoms with E-state index in [1.807, 2.05) is 11.1 Å². The van der Waals surface area contributed by atoms with Crippen molar-refractivity contribution in [2.45, 2.75) is 25.3 Å². The second-order valence-electron chi connectivity index (χ2n) is 7.95. The lowest BCUT2D eigenvalue weighted by Crippen LogP contribution is -2.62. The third-order valence-corrected chi connectivity index (χ3v) is 6.16. The van der Waals surface area contributed by atoms with E-state index in [0.717, 1.165) is 45.2 Å². The molecule has 0 aromatic carbocycles. The minimum Gasteiger partial charge on any atom is -0.480 e. The van der Waals surface area contributed by atoms with E-state index in [1.54, 1.807) is 0 Å². The van der Waals surface area contributed by atoms with Crippen LogP contribution in [-0.2, 0) is 9.59 Å². The summed E-state index contributed by atoms with van der Waals surface area (Å²) in [5.41, 5.74) is 0.276. The maximum Gasteiger partial charge on any atom is 0.237 e. The number of aromatic nitrogens is 2. The highest BCUT2D eigenvalue weighted by atomic mass is 35.5. The molecular weight excluding hydrogens is 382 g/mol. The molecule has 8 nitrogen and oxygen atoms in total. The summed E-state index contributed by atoms with van der Waals surface area (Å²) in [6.07, 6.45) is 8.41. The van der Waals surface area contributed by atoms with Gasteiger partial charge in [0.2, 0.25) is 17.7 Å². The summed E-state index contributed by atoms with van der Waals surface area (Å²) in [6.45, 7) is 3.30. The summed E-state index contributed by atoms with van der Waals surface area (Å²) in [7, 11) is 1.51. The van der Waals surface area contributed by atoms with Gasteiger partial charge < -0.3 is 19.9 Å². The number of allylic oxidation sites excluding steroid dienone is 1. The van der Waals surface area contributed by atoms with Crippen LogP contribution in [-0.4, -0.2) is 71.3 Å². The minimum atomic E-state index is 0.122. The Balaban J connectivity index is 1.24. The van der Waals surface area contributed by atoms with Crippen molar-refractivity contribution in [3.05, 3.63) is 23.5 Å². The summed E-state index contributed by atoms with van der Waals surface area (Å²) >= 11 is 5.96. The molecule has 3 heterocycles. The van der Waals surface area contributed by atoms with Gasteiger partial charge in [0, 0.05) is 49.8 Å². The van der Waals surface area contributed by atoms with Crippen LogP contribution < -0.4 is 10.1 Å². The molecule has 1 N–H and O–H groups in total. The number of carbonyl (C=O) groups is 2. The molecule has 9 heteroatoms.